The lowest BCUT2D eigenvalue weighted by Gasteiger charge is -2.43. The molecule has 1 saturated heterocycles. The third kappa shape index (κ3) is 3.36. The van der Waals surface area contributed by atoms with Gasteiger partial charge in [-0.1, -0.05) is 36.4 Å². The Balaban J connectivity index is 1.46. The van der Waals surface area contributed by atoms with Crippen LogP contribution in [-0.4, -0.2) is 27.1 Å². The predicted molar refractivity (Wildman–Crippen MR) is 114 cm³/mol. The van der Waals surface area contributed by atoms with Crippen LogP contribution >= 0.6 is 0 Å². The second kappa shape index (κ2) is 7.16. The summed E-state index contributed by atoms with van der Waals surface area (Å²) in [6.07, 6.45) is 2.91. The van der Waals surface area contributed by atoms with E-state index < -0.39 is 0 Å². The van der Waals surface area contributed by atoms with Crippen molar-refractivity contribution >= 4 is 0 Å². The number of aryl methyl sites for hydroxylation is 1. The number of piperidine rings is 1. The van der Waals surface area contributed by atoms with E-state index in [0.717, 1.165) is 48.4 Å². The standard InChI is InChI=1S/C24H25N3O2/c1-25-9-5-8-19(24(25)29)15-26-13-17-10-21(16-26)22-11-20(12-23(28)27(22)14-17)18-6-3-2-4-7-18/h2-9,11-12,17,21H,10,13-16H2,1H3/t17-,21+/m0/s1. The van der Waals surface area contributed by atoms with Crippen LogP contribution in [0.25, 0.3) is 11.1 Å². The Bertz CT molecular complexity index is 1160. The lowest BCUT2D eigenvalue weighted by molar-refractivity contribution is 0.114. The maximum atomic E-state index is 12.8. The monoisotopic (exact) mass is 387 g/mol. The molecule has 2 bridgehead atoms. The molecule has 0 saturated carbocycles. The normalized spacial score (nSPS) is 21.0. The molecule has 0 radical (unpaired) electrons. The van der Waals surface area contributed by atoms with E-state index in [1.54, 1.807) is 23.9 Å². The molecule has 2 aliphatic heterocycles. The minimum absolute atomic E-state index is 0.0752. The van der Waals surface area contributed by atoms with Gasteiger partial charge >= 0.3 is 0 Å². The highest BCUT2D eigenvalue weighted by Crippen LogP contribution is 2.36. The van der Waals surface area contributed by atoms with Crippen molar-refractivity contribution in [3.05, 3.63) is 92.8 Å². The number of rotatable bonds is 3. The fourth-order valence-electron chi connectivity index (χ4n) is 5.00. The fraction of sp³-hybridized carbons (Fsp3) is 0.333. The van der Waals surface area contributed by atoms with Gasteiger partial charge in [-0.3, -0.25) is 14.5 Å². The smallest absolute Gasteiger partial charge is 0.254 e. The minimum atomic E-state index is 0.0752. The van der Waals surface area contributed by atoms with E-state index in [1.807, 2.05) is 34.9 Å². The first-order valence-electron chi connectivity index (χ1n) is 10.3. The molecule has 0 spiro atoms. The van der Waals surface area contributed by atoms with Crippen LogP contribution in [0.4, 0.5) is 0 Å². The molecule has 1 fully saturated rings. The molecule has 3 aromatic rings. The second-order valence-electron chi connectivity index (χ2n) is 8.43. The SMILES string of the molecule is Cn1cccc(CN2C[C@@H]3C[C@H](C2)c2cc(-c4ccccc4)cc(=O)n2C3)c1=O. The second-order valence-corrected chi connectivity index (χ2v) is 8.43. The number of hydrogen-bond acceptors (Lipinski definition) is 3. The summed E-state index contributed by atoms with van der Waals surface area (Å²) in [5.41, 5.74) is 4.22. The molecular weight excluding hydrogens is 362 g/mol. The zero-order valence-corrected chi connectivity index (χ0v) is 16.6. The van der Waals surface area contributed by atoms with Gasteiger partial charge in [0.25, 0.3) is 11.1 Å². The maximum Gasteiger partial charge on any atom is 0.254 e. The highest BCUT2D eigenvalue weighted by molar-refractivity contribution is 5.63. The number of pyridine rings is 2. The van der Waals surface area contributed by atoms with Crippen molar-refractivity contribution in [3.8, 4) is 11.1 Å². The van der Waals surface area contributed by atoms with Gasteiger partial charge in [0.15, 0.2) is 0 Å². The van der Waals surface area contributed by atoms with E-state index in [0.29, 0.717) is 18.4 Å². The van der Waals surface area contributed by atoms with E-state index in [2.05, 4.69) is 23.1 Å². The average Bonchev–Trinajstić information content (AvgIpc) is 2.73. The summed E-state index contributed by atoms with van der Waals surface area (Å²) in [5.74, 6) is 0.778. The Morgan fingerprint density at radius 1 is 0.931 bits per heavy atom. The van der Waals surface area contributed by atoms with Gasteiger partial charge in [-0.05, 0) is 35.6 Å². The summed E-state index contributed by atoms with van der Waals surface area (Å²) in [6, 6.07) is 17.9. The number of aromatic nitrogens is 2. The van der Waals surface area contributed by atoms with E-state index in [-0.39, 0.29) is 11.1 Å². The molecule has 29 heavy (non-hydrogen) atoms. The number of likely N-dealkylation sites (tertiary alicyclic amines) is 1. The van der Waals surface area contributed by atoms with Crippen LogP contribution in [0.2, 0.25) is 0 Å². The number of benzene rings is 1. The summed E-state index contributed by atoms with van der Waals surface area (Å²) in [7, 11) is 1.80. The maximum absolute atomic E-state index is 12.8. The molecule has 2 atom stereocenters. The number of fused-ring (bicyclic) bond motifs is 4. The molecule has 0 N–H and O–H groups in total. The zero-order valence-electron chi connectivity index (χ0n) is 16.6. The number of hydrogen-bond donors (Lipinski definition) is 0. The first-order valence-corrected chi connectivity index (χ1v) is 10.3. The largest absolute Gasteiger partial charge is 0.318 e. The Morgan fingerprint density at radius 2 is 1.76 bits per heavy atom. The highest BCUT2D eigenvalue weighted by atomic mass is 16.1. The average molecular weight is 387 g/mol. The molecule has 0 amide bonds. The Hall–Kier alpha value is -2.92. The molecule has 0 aliphatic carbocycles. The van der Waals surface area contributed by atoms with Crippen molar-refractivity contribution in [1.82, 2.24) is 14.0 Å². The van der Waals surface area contributed by atoms with Crippen LogP contribution in [0.15, 0.2) is 70.4 Å². The highest BCUT2D eigenvalue weighted by Gasteiger charge is 2.35. The van der Waals surface area contributed by atoms with Crippen LogP contribution in [0.3, 0.4) is 0 Å². The van der Waals surface area contributed by atoms with Gasteiger partial charge in [-0.2, -0.15) is 0 Å². The minimum Gasteiger partial charge on any atom is -0.318 e. The van der Waals surface area contributed by atoms with Gasteiger partial charge in [0.2, 0.25) is 0 Å². The summed E-state index contributed by atoms with van der Waals surface area (Å²) in [5, 5.41) is 0. The van der Waals surface area contributed by atoms with Crippen molar-refractivity contribution < 1.29 is 0 Å². The van der Waals surface area contributed by atoms with Crippen LogP contribution < -0.4 is 11.1 Å². The number of nitrogens with zero attached hydrogens (tertiary/aromatic N) is 3. The van der Waals surface area contributed by atoms with Crippen molar-refractivity contribution in [2.24, 2.45) is 13.0 Å². The Morgan fingerprint density at radius 3 is 2.59 bits per heavy atom. The van der Waals surface area contributed by atoms with Crippen molar-refractivity contribution in [1.29, 1.82) is 0 Å². The van der Waals surface area contributed by atoms with Crippen molar-refractivity contribution in [2.75, 3.05) is 13.1 Å². The third-order valence-corrected chi connectivity index (χ3v) is 6.34. The first kappa shape index (κ1) is 18.1. The quantitative estimate of drug-likeness (QED) is 0.694. The summed E-state index contributed by atoms with van der Waals surface area (Å²) in [6.45, 7) is 3.25. The summed E-state index contributed by atoms with van der Waals surface area (Å²) in [4.78, 5) is 27.7. The van der Waals surface area contributed by atoms with Gasteiger partial charge in [-0.15, -0.1) is 0 Å². The van der Waals surface area contributed by atoms with Gasteiger partial charge in [-0.25, -0.2) is 0 Å². The van der Waals surface area contributed by atoms with Gasteiger partial charge in [0.05, 0.1) is 0 Å². The van der Waals surface area contributed by atoms with Gasteiger partial charge < -0.3 is 9.13 Å². The summed E-state index contributed by atoms with van der Waals surface area (Å²) >= 11 is 0. The molecule has 1 aromatic carbocycles. The van der Waals surface area contributed by atoms with E-state index >= 15 is 0 Å². The van der Waals surface area contributed by atoms with E-state index in [4.69, 9.17) is 0 Å². The molecular formula is C24H25N3O2. The molecule has 0 unspecified atom stereocenters. The zero-order chi connectivity index (χ0) is 20.0. The third-order valence-electron chi connectivity index (χ3n) is 6.34. The lowest BCUT2D eigenvalue weighted by atomic mass is 9.82. The van der Waals surface area contributed by atoms with Crippen LogP contribution in [0.1, 0.15) is 23.6 Å². The van der Waals surface area contributed by atoms with Gasteiger partial charge in [0.1, 0.15) is 0 Å². The molecule has 4 heterocycles. The van der Waals surface area contributed by atoms with E-state index in [1.165, 1.54) is 0 Å². The lowest BCUT2D eigenvalue weighted by Crippen LogP contribution is -2.47. The molecule has 5 heteroatoms. The molecule has 5 nitrogen and oxygen atoms in total. The Labute approximate surface area is 169 Å². The molecule has 5 rings (SSSR count). The molecule has 148 valence electrons. The van der Waals surface area contributed by atoms with Crippen LogP contribution in [-0.2, 0) is 20.1 Å². The Kier molecular flexibility index (Phi) is 4.47. The van der Waals surface area contributed by atoms with Crippen LogP contribution in [0.5, 0.6) is 0 Å². The fourth-order valence-corrected chi connectivity index (χ4v) is 5.00. The van der Waals surface area contributed by atoms with Crippen molar-refractivity contribution in [2.45, 2.75) is 25.4 Å². The molecule has 2 aliphatic rings. The molecule has 2 aromatic heterocycles. The summed E-state index contributed by atoms with van der Waals surface area (Å²) < 4.78 is 3.62. The van der Waals surface area contributed by atoms with Crippen LogP contribution in [0, 0.1) is 5.92 Å². The predicted octanol–water partition coefficient (Wildman–Crippen LogP) is 2.83. The topological polar surface area (TPSA) is 47.2 Å². The van der Waals surface area contributed by atoms with E-state index in [9.17, 15) is 9.59 Å². The van der Waals surface area contributed by atoms with Gasteiger partial charge in [0, 0.05) is 62.7 Å². The first-order chi connectivity index (χ1) is 14.1. The van der Waals surface area contributed by atoms with Crippen molar-refractivity contribution in [3.63, 3.8) is 0 Å².